The highest BCUT2D eigenvalue weighted by atomic mass is 127. The molecule has 0 unspecified atom stereocenters. The van der Waals surface area contributed by atoms with Crippen LogP contribution in [-0.4, -0.2) is 19.7 Å². The van der Waals surface area contributed by atoms with Crippen LogP contribution in [0.2, 0.25) is 5.15 Å². The molecule has 0 atom stereocenters. The van der Waals surface area contributed by atoms with Crippen molar-refractivity contribution >= 4 is 34.2 Å². The number of hydrogen-bond donors (Lipinski definition) is 0. The molecule has 0 aliphatic carbocycles. The minimum atomic E-state index is -0.0745. The van der Waals surface area contributed by atoms with E-state index in [2.05, 4.69) is 53.4 Å². The molecule has 0 aromatic carbocycles. The molecule has 19 heavy (non-hydrogen) atoms. The van der Waals surface area contributed by atoms with Crippen LogP contribution in [0.4, 0.5) is 0 Å². The third-order valence-electron chi connectivity index (χ3n) is 2.77. The van der Waals surface area contributed by atoms with E-state index in [1.807, 2.05) is 17.7 Å². The first kappa shape index (κ1) is 14.7. The predicted octanol–water partition coefficient (Wildman–Crippen LogP) is 3.92. The molecule has 2 rings (SSSR count). The van der Waals surface area contributed by atoms with Crippen LogP contribution in [0.25, 0.3) is 11.5 Å². The molecule has 2 aromatic heterocycles. The fourth-order valence-corrected chi connectivity index (χ4v) is 3.03. The van der Waals surface area contributed by atoms with Crippen LogP contribution < -0.4 is 0 Å². The third-order valence-corrected chi connectivity index (χ3v) is 4.38. The van der Waals surface area contributed by atoms with E-state index in [1.165, 1.54) is 0 Å². The Balaban J connectivity index is 2.64. The zero-order valence-electron chi connectivity index (χ0n) is 11.4. The molecule has 0 N–H and O–H groups in total. The van der Waals surface area contributed by atoms with Gasteiger partial charge in [-0.15, -0.1) is 0 Å². The molecule has 4 nitrogen and oxygen atoms in total. The van der Waals surface area contributed by atoms with Crippen LogP contribution in [0.1, 0.15) is 33.4 Å². The minimum absolute atomic E-state index is 0.0745. The number of nitrogens with zero attached hydrogens (tertiary/aromatic N) is 4. The Morgan fingerprint density at radius 2 is 2.00 bits per heavy atom. The summed E-state index contributed by atoms with van der Waals surface area (Å²) in [7, 11) is 0. The Kier molecular flexibility index (Phi) is 4.15. The molecule has 0 radical (unpaired) electrons. The summed E-state index contributed by atoms with van der Waals surface area (Å²) in [6.07, 6.45) is 1.75. The average molecular weight is 391 g/mol. The van der Waals surface area contributed by atoms with Crippen LogP contribution >= 0.6 is 34.2 Å². The van der Waals surface area contributed by atoms with Gasteiger partial charge in [-0.2, -0.15) is 5.10 Å². The Bertz CT molecular complexity index is 601. The Morgan fingerprint density at radius 3 is 2.58 bits per heavy atom. The van der Waals surface area contributed by atoms with E-state index in [0.29, 0.717) is 11.0 Å². The second-order valence-electron chi connectivity index (χ2n) is 5.28. The lowest BCUT2D eigenvalue weighted by molar-refractivity contribution is 0.562. The van der Waals surface area contributed by atoms with Crippen molar-refractivity contribution in [2.45, 2.75) is 39.7 Å². The number of halogens is 2. The standard InChI is InChI=1S/C13H16ClIN4/c1-5-19-8(6-7-16-19)12-17-10(13(2,3)4)9(15)11(14)18-12/h6-7H,5H2,1-4H3. The lowest BCUT2D eigenvalue weighted by atomic mass is 9.92. The maximum atomic E-state index is 6.25. The third kappa shape index (κ3) is 2.91. The van der Waals surface area contributed by atoms with Crippen molar-refractivity contribution in [2.75, 3.05) is 0 Å². The van der Waals surface area contributed by atoms with E-state index >= 15 is 0 Å². The van der Waals surface area contributed by atoms with Crippen molar-refractivity contribution in [2.24, 2.45) is 0 Å². The van der Waals surface area contributed by atoms with Crippen molar-refractivity contribution in [3.8, 4) is 11.5 Å². The maximum absolute atomic E-state index is 6.25. The smallest absolute Gasteiger partial charge is 0.179 e. The highest BCUT2D eigenvalue weighted by Crippen LogP contribution is 2.31. The highest BCUT2D eigenvalue weighted by molar-refractivity contribution is 14.1. The van der Waals surface area contributed by atoms with Crippen LogP contribution in [0.3, 0.4) is 0 Å². The van der Waals surface area contributed by atoms with E-state index in [1.54, 1.807) is 6.20 Å². The molecule has 0 bridgehead atoms. The summed E-state index contributed by atoms with van der Waals surface area (Å²) >= 11 is 8.45. The number of aryl methyl sites for hydroxylation is 1. The van der Waals surface area contributed by atoms with Gasteiger partial charge in [-0.3, -0.25) is 4.68 Å². The van der Waals surface area contributed by atoms with Crippen molar-refractivity contribution < 1.29 is 0 Å². The first-order chi connectivity index (χ1) is 8.84. The maximum Gasteiger partial charge on any atom is 0.179 e. The van der Waals surface area contributed by atoms with Crippen LogP contribution in [0, 0.1) is 3.57 Å². The average Bonchev–Trinajstić information content (AvgIpc) is 2.79. The molecule has 0 aliphatic rings. The number of hydrogen-bond acceptors (Lipinski definition) is 3. The molecule has 0 saturated heterocycles. The molecule has 0 fully saturated rings. The van der Waals surface area contributed by atoms with Gasteiger partial charge in [-0.05, 0) is 35.6 Å². The fraction of sp³-hybridized carbons (Fsp3) is 0.462. The van der Waals surface area contributed by atoms with Gasteiger partial charge in [0.05, 0.1) is 9.26 Å². The van der Waals surface area contributed by atoms with Gasteiger partial charge in [0.2, 0.25) is 0 Å². The molecule has 0 amide bonds. The quantitative estimate of drug-likeness (QED) is 0.577. The predicted molar refractivity (Wildman–Crippen MR) is 85.4 cm³/mol. The summed E-state index contributed by atoms with van der Waals surface area (Å²) in [5.74, 6) is 0.634. The van der Waals surface area contributed by atoms with Crippen LogP contribution in [0.15, 0.2) is 12.3 Å². The van der Waals surface area contributed by atoms with Crippen LogP contribution in [-0.2, 0) is 12.0 Å². The van der Waals surface area contributed by atoms with Crippen molar-refractivity contribution in [1.82, 2.24) is 19.7 Å². The molecule has 0 spiro atoms. The molecule has 102 valence electrons. The van der Waals surface area contributed by atoms with E-state index in [9.17, 15) is 0 Å². The van der Waals surface area contributed by atoms with Gasteiger partial charge >= 0.3 is 0 Å². The fourth-order valence-electron chi connectivity index (χ4n) is 1.81. The van der Waals surface area contributed by atoms with Gasteiger partial charge in [-0.1, -0.05) is 32.4 Å². The summed E-state index contributed by atoms with van der Waals surface area (Å²) in [5.41, 5.74) is 1.79. The monoisotopic (exact) mass is 390 g/mol. The first-order valence-electron chi connectivity index (χ1n) is 6.10. The molecule has 6 heteroatoms. The zero-order chi connectivity index (χ0) is 14.2. The largest absolute Gasteiger partial charge is 0.262 e. The number of rotatable bonds is 2. The number of aromatic nitrogens is 4. The Morgan fingerprint density at radius 1 is 1.32 bits per heavy atom. The SMILES string of the molecule is CCn1nccc1-c1nc(Cl)c(I)c(C(C)(C)C)n1. The van der Waals surface area contributed by atoms with Crippen molar-refractivity contribution in [1.29, 1.82) is 0 Å². The zero-order valence-corrected chi connectivity index (χ0v) is 14.3. The second-order valence-corrected chi connectivity index (χ2v) is 6.72. The van der Waals surface area contributed by atoms with Gasteiger partial charge < -0.3 is 0 Å². The van der Waals surface area contributed by atoms with Crippen LogP contribution in [0.5, 0.6) is 0 Å². The summed E-state index contributed by atoms with van der Waals surface area (Å²) in [6, 6.07) is 1.91. The van der Waals surface area contributed by atoms with Crippen molar-refractivity contribution in [3.05, 3.63) is 26.7 Å². The Labute approximate surface area is 131 Å². The van der Waals surface area contributed by atoms with Crippen molar-refractivity contribution in [3.63, 3.8) is 0 Å². The minimum Gasteiger partial charge on any atom is -0.262 e. The second kappa shape index (κ2) is 5.36. The molecular weight excluding hydrogens is 375 g/mol. The van der Waals surface area contributed by atoms with E-state index in [4.69, 9.17) is 16.6 Å². The summed E-state index contributed by atoms with van der Waals surface area (Å²) in [4.78, 5) is 9.08. The molecule has 0 saturated carbocycles. The highest BCUT2D eigenvalue weighted by Gasteiger charge is 2.23. The normalized spacial score (nSPS) is 11.9. The lowest BCUT2D eigenvalue weighted by Gasteiger charge is -2.20. The molecular formula is C13H16ClIN4. The molecule has 0 aliphatic heterocycles. The summed E-state index contributed by atoms with van der Waals surface area (Å²) in [6.45, 7) is 9.17. The first-order valence-corrected chi connectivity index (χ1v) is 7.56. The lowest BCUT2D eigenvalue weighted by Crippen LogP contribution is -2.17. The summed E-state index contributed by atoms with van der Waals surface area (Å²) in [5, 5.41) is 4.75. The van der Waals surface area contributed by atoms with E-state index in [-0.39, 0.29) is 5.41 Å². The van der Waals surface area contributed by atoms with Gasteiger partial charge in [-0.25, -0.2) is 9.97 Å². The van der Waals surface area contributed by atoms with Gasteiger partial charge in [0.25, 0.3) is 0 Å². The van der Waals surface area contributed by atoms with Gasteiger partial charge in [0, 0.05) is 18.2 Å². The Hall–Kier alpha value is -0.690. The molecule has 2 aromatic rings. The topological polar surface area (TPSA) is 43.6 Å². The summed E-state index contributed by atoms with van der Waals surface area (Å²) < 4.78 is 2.78. The van der Waals surface area contributed by atoms with E-state index in [0.717, 1.165) is 21.5 Å². The molecule has 2 heterocycles. The van der Waals surface area contributed by atoms with E-state index < -0.39 is 0 Å². The van der Waals surface area contributed by atoms with Gasteiger partial charge in [0.1, 0.15) is 10.8 Å². The van der Waals surface area contributed by atoms with Gasteiger partial charge in [0.15, 0.2) is 5.82 Å².